The van der Waals surface area contributed by atoms with Gasteiger partial charge in [0.1, 0.15) is 6.33 Å². The topological polar surface area (TPSA) is 85.1 Å². The Bertz CT molecular complexity index is 485. The monoisotopic (exact) mass is 293 g/mol. The van der Waals surface area contributed by atoms with E-state index >= 15 is 0 Å². The molecule has 0 aromatic carbocycles. The van der Waals surface area contributed by atoms with E-state index in [2.05, 4.69) is 48.4 Å². The fourth-order valence-corrected chi connectivity index (χ4v) is 3.91. The molecule has 0 aliphatic heterocycles. The molecule has 0 bridgehead atoms. The number of aromatic nitrogens is 2. The van der Waals surface area contributed by atoms with Crippen LogP contribution < -0.4 is 21.3 Å². The second kappa shape index (κ2) is 5.67. The van der Waals surface area contributed by atoms with Gasteiger partial charge >= 0.3 is 0 Å². The summed E-state index contributed by atoms with van der Waals surface area (Å²) < 4.78 is 5.38. The number of nitrogens with one attached hydrogen (secondary N) is 2. The molecular formula is C15H27N5O. The standard InChI is InChI=1S/C15H27N5O/c1-14(2)6-10(7-15(3,4)8-14)19-12-11(21-5)13(20-16)18-9-17-12/h9-10H,6-8,16H2,1-5H3,(H2,17,18,19,20). The zero-order chi connectivity index (χ0) is 15.7. The highest BCUT2D eigenvalue weighted by Gasteiger charge is 2.38. The fourth-order valence-electron chi connectivity index (χ4n) is 3.91. The number of anilines is 2. The Labute approximate surface area is 126 Å². The van der Waals surface area contributed by atoms with Gasteiger partial charge in [-0.3, -0.25) is 0 Å². The van der Waals surface area contributed by atoms with Crippen molar-refractivity contribution in [2.45, 2.75) is 53.0 Å². The van der Waals surface area contributed by atoms with E-state index in [0.717, 1.165) is 12.8 Å². The first kappa shape index (κ1) is 15.8. The minimum atomic E-state index is 0.314. The molecule has 1 aliphatic rings. The Morgan fingerprint density at radius 3 is 2.24 bits per heavy atom. The van der Waals surface area contributed by atoms with Crippen molar-refractivity contribution in [1.82, 2.24) is 9.97 Å². The van der Waals surface area contributed by atoms with Crippen LogP contribution in [0.15, 0.2) is 6.33 Å². The number of nitrogens with two attached hydrogens (primary N) is 1. The number of hydrazine groups is 1. The van der Waals surface area contributed by atoms with Crippen LogP contribution >= 0.6 is 0 Å². The zero-order valence-electron chi connectivity index (χ0n) is 13.7. The van der Waals surface area contributed by atoms with Gasteiger partial charge in [0.05, 0.1) is 7.11 Å². The number of rotatable bonds is 4. The third-order valence-corrected chi connectivity index (χ3v) is 4.04. The molecule has 0 unspecified atom stereocenters. The predicted octanol–water partition coefficient (Wildman–Crippen LogP) is 2.79. The summed E-state index contributed by atoms with van der Waals surface area (Å²) in [5, 5.41) is 3.51. The van der Waals surface area contributed by atoms with Crippen LogP contribution in [-0.2, 0) is 0 Å². The molecule has 6 nitrogen and oxygen atoms in total. The van der Waals surface area contributed by atoms with E-state index in [9.17, 15) is 0 Å². The zero-order valence-corrected chi connectivity index (χ0v) is 13.7. The molecule has 2 rings (SSSR count). The molecule has 1 saturated carbocycles. The minimum absolute atomic E-state index is 0.314. The van der Waals surface area contributed by atoms with Gasteiger partial charge in [-0.15, -0.1) is 0 Å². The van der Waals surface area contributed by atoms with Gasteiger partial charge in [-0.05, 0) is 30.1 Å². The maximum absolute atomic E-state index is 5.47. The summed E-state index contributed by atoms with van der Waals surface area (Å²) in [6.07, 6.45) is 4.93. The third kappa shape index (κ3) is 3.75. The molecular weight excluding hydrogens is 266 g/mol. The quantitative estimate of drug-likeness (QED) is 0.584. The summed E-state index contributed by atoms with van der Waals surface area (Å²) in [6.45, 7) is 9.30. The first-order valence-corrected chi connectivity index (χ1v) is 7.38. The second-order valence-electron chi connectivity index (χ2n) is 7.50. The molecule has 0 radical (unpaired) electrons. The molecule has 21 heavy (non-hydrogen) atoms. The molecule has 6 heteroatoms. The lowest BCUT2D eigenvalue weighted by Crippen LogP contribution is -2.40. The molecule has 1 aromatic rings. The molecule has 1 fully saturated rings. The largest absolute Gasteiger partial charge is 0.490 e. The van der Waals surface area contributed by atoms with Crippen LogP contribution in [0.4, 0.5) is 11.6 Å². The molecule has 0 spiro atoms. The van der Waals surface area contributed by atoms with Crippen molar-refractivity contribution in [2.24, 2.45) is 16.7 Å². The summed E-state index contributed by atoms with van der Waals surface area (Å²) in [4.78, 5) is 8.37. The van der Waals surface area contributed by atoms with E-state index in [1.807, 2.05) is 0 Å². The number of nitrogens with zero attached hydrogens (tertiary/aromatic N) is 2. The Morgan fingerprint density at radius 1 is 1.14 bits per heavy atom. The fraction of sp³-hybridized carbons (Fsp3) is 0.733. The summed E-state index contributed by atoms with van der Waals surface area (Å²) in [6, 6.07) is 0.359. The number of methoxy groups -OCH3 is 1. The molecule has 118 valence electrons. The lowest BCUT2D eigenvalue weighted by molar-refractivity contribution is 0.105. The maximum atomic E-state index is 5.47. The molecule has 0 amide bonds. The molecule has 1 aliphatic carbocycles. The second-order valence-corrected chi connectivity index (χ2v) is 7.50. The van der Waals surface area contributed by atoms with Crippen molar-refractivity contribution in [3.8, 4) is 5.75 Å². The first-order chi connectivity index (χ1) is 9.76. The molecule has 0 saturated heterocycles. The Kier molecular flexibility index (Phi) is 4.27. The van der Waals surface area contributed by atoms with Gasteiger partial charge in [0, 0.05) is 6.04 Å². The van der Waals surface area contributed by atoms with Crippen LogP contribution in [0, 0.1) is 10.8 Å². The molecule has 1 aromatic heterocycles. The van der Waals surface area contributed by atoms with Crippen LogP contribution in [0.25, 0.3) is 0 Å². The van der Waals surface area contributed by atoms with Gasteiger partial charge in [0.15, 0.2) is 11.6 Å². The molecule has 4 N–H and O–H groups in total. The van der Waals surface area contributed by atoms with Crippen molar-refractivity contribution in [2.75, 3.05) is 17.9 Å². The molecule has 0 atom stereocenters. The smallest absolute Gasteiger partial charge is 0.205 e. The van der Waals surface area contributed by atoms with E-state index in [1.54, 1.807) is 7.11 Å². The summed E-state index contributed by atoms with van der Waals surface area (Å²) in [5.41, 5.74) is 3.17. The van der Waals surface area contributed by atoms with Crippen LogP contribution in [0.2, 0.25) is 0 Å². The van der Waals surface area contributed by atoms with Crippen molar-refractivity contribution in [1.29, 1.82) is 0 Å². The highest BCUT2D eigenvalue weighted by molar-refractivity contribution is 5.63. The Balaban J connectivity index is 2.22. The number of nitrogen functional groups attached to an aromatic ring is 1. The van der Waals surface area contributed by atoms with E-state index in [4.69, 9.17) is 10.6 Å². The van der Waals surface area contributed by atoms with Crippen molar-refractivity contribution in [3.05, 3.63) is 6.33 Å². The average molecular weight is 293 g/mol. The summed E-state index contributed by atoms with van der Waals surface area (Å²) in [5.74, 6) is 7.21. The Hall–Kier alpha value is -1.56. The summed E-state index contributed by atoms with van der Waals surface area (Å²) in [7, 11) is 1.60. The number of hydrogen-bond acceptors (Lipinski definition) is 6. The van der Waals surface area contributed by atoms with Gasteiger partial charge in [-0.25, -0.2) is 15.8 Å². The predicted molar refractivity (Wildman–Crippen MR) is 85.2 cm³/mol. The van der Waals surface area contributed by atoms with Gasteiger partial charge in [0.2, 0.25) is 5.75 Å². The van der Waals surface area contributed by atoms with E-state index in [1.165, 1.54) is 12.7 Å². The third-order valence-electron chi connectivity index (χ3n) is 4.04. The van der Waals surface area contributed by atoms with Crippen molar-refractivity contribution in [3.63, 3.8) is 0 Å². The van der Waals surface area contributed by atoms with Gasteiger partial charge in [-0.1, -0.05) is 27.7 Å². The van der Waals surface area contributed by atoms with Gasteiger partial charge < -0.3 is 15.5 Å². The summed E-state index contributed by atoms with van der Waals surface area (Å²) >= 11 is 0. The SMILES string of the molecule is COc1c(NN)ncnc1NC1CC(C)(C)CC(C)(C)C1. The maximum Gasteiger partial charge on any atom is 0.205 e. The van der Waals surface area contributed by atoms with Crippen LogP contribution in [-0.4, -0.2) is 23.1 Å². The van der Waals surface area contributed by atoms with Gasteiger partial charge in [0.25, 0.3) is 0 Å². The number of ether oxygens (including phenoxy) is 1. The highest BCUT2D eigenvalue weighted by atomic mass is 16.5. The van der Waals surface area contributed by atoms with E-state index in [0.29, 0.717) is 34.3 Å². The minimum Gasteiger partial charge on any atom is -0.490 e. The lowest BCUT2D eigenvalue weighted by atomic mass is 9.63. The van der Waals surface area contributed by atoms with Gasteiger partial charge in [-0.2, -0.15) is 0 Å². The van der Waals surface area contributed by atoms with Crippen molar-refractivity contribution >= 4 is 11.6 Å². The van der Waals surface area contributed by atoms with E-state index in [-0.39, 0.29) is 0 Å². The normalized spacial score (nSPS) is 20.9. The Morgan fingerprint density at radius 2 is 1.71 bits per heavy atom. The van der Waals surface area contributed by atoms with Crippen LogP contribution in [0.1, 0.15) is 47.0 Å². The van der Waals surface area contributed by atoms with Crippen LogP contribution in [0.3, 0.4) is 0 Å². The van der Waals surface area contributed by atoms with E-state index < -0.39 is 0 Å². The average Bonchev–Trinajstić information content (AvgIpc) is 2.34. The lowest BCUT2D eigenvalue weighted by Gasteiger charge is -2.45. The number of hydrogen-bond donors (Lipinski definition) is 3. The molecule has 1 heterocycles. The first-order valence-electron chi connectivity index (χ1n) is 7.38. The highest BCUT2D eigenvalue weighted by Crippen LogP contribution is 2.46. The van der Waals surface area contributed by atoms with Crippen molar-refractivity contribution < 1.29 is 4.74 Å². The van der Waals surface area contributed by atoms with Crippen LogP contribution in [0.5, 0.6) is 5.75 Å².